The summed E-state index contributed by atoms with van der Waals surface area (Å²) in [5, 5.41) is 2.99. The van der Waals surface area contributed by atoms with Crippen LogP contribution in [0.3, 0.4) is 0 Å². The third kappa shape index (κ3) is 2.84. The minimum atomic E-state index is -0.775. The van der Waals surface area contributed by atoms with Crippen molar-refractivity contribution < 1.29 is 14.3 Å². The van der Waals surface area contributed by atoms with Crippen molar-refractivity contribution in [2.75, 3.05) is 13.1 Å². The first-order chi connectivity index (χ1) is 13.5. The zero-order valence-corrected chi connectivity index (χ0v) is 16.5. The minimum absolute atomic E-state index is 0.141. The highest BCUT2D eigenvalue weighted by molar-refractivity contribution is 9.10. The van der Waals surface area contributed by atoms with Crippen LogP contribution < -0.4 is 10.1 Å². The number of rotatable bonds is 1. The zero-order valence-electron chi connectivity index (χ0n) is 14.9. The summed E-state index contributed by atoms with van der Waals surface area (Å²) in [5.41, 5.74) is 1.35. The van der Waals surface area contributed by atoms with Crippen LogP contribution in [-0.4, -0.2) is 45.5 Å². The second-order valence-electron chi connectivity index (χ2n) is 7.09. The Morgan fingerprint density at radius 1 is 1.18 bits per heavy atom. The number of fused-ring (bicyclic) bond motifs is 2. The normalized spacial score (nSPS) is 17.9. The number of halogens is 1. The third-order valence-corrected chi connectivity index (χ3v) is 5.78. The van der Waals surface area contributed by atoms with E-state index in [0.717, 1.165) is 15.5 Å². The summed E-state index contributed by atoms with van der Waals surface area (Å²) in [5.74, 6) is 0.613. The van der Waals surface area contributed by atoms with E-state index in [4.69, 9.17) is 4.74 Å². The molecule has 28 heavy (non-hydrogen) atoms. The molecule has 3 heterocycles. The average Bonchev–Trinajstić information content (AvgIpc) is 3.13. The van der Waals surface area contributed by atoms with Gasteiger partial charge < -0.3 is 19.9 Å². The van der Waals surface area contributed by atoms with Gasteiger partial charge in [-0.2, -0.15) is 0 Å². The Bertz CT molecular complexity index is 1070. The van der Waals surface area contributed by atoms with Crippen molar-refractivity contribution in [3.05, 3.63) is 58.3 Å². The molecule has 1 aromatic heterocycles. The van der Waals surface area contributed by atoms with Gasteiger partial charge >= 0.3 is 0 Å². The quantitative estimate of drug-likeness (QED) is 0.608. The van der Waals surface area contributed by atoms with E-state index < -0.39 is 5.72 Å². The maximum absolute atomic E-state index is 12.8. The highest BCUT2D eigenvalue weighted by Crippen LogP contribution is 2.35. The Kier molecular flexibility index (Phi) is 3.90. The second-order valence-corrected chi connectivity index (χ2v) is 8.00. The number of benzene rings is 2. The summed E-state index contributed by atoms with van der Waals surface area (Å²) in [6.45, 7) is 0.948. The monoisotopic (exact) mass is 440 g/mol. The smallest absolute Gasteiger partial charge is 0.289 e. The van der Waals surface area contributed by atoms with Crippen LogP contribution in [0, 0.1) is 0 Å². The van der Waals surface area contributed by atoms with E-state index in [-0.39, 0.29) is 11.8 Å². The van der Waals surface area contributed by atoms with Gasteiger partial charge in [0, 0.05) is 30.4 Å². The Morgan fingerprint density at radius 2 is 1.96 bits per heavy atom. The molecule has 2 aliphatic rings. The fraction of sp³-hybridized carbons (Fsp3) is 0.250. The molecule has 5 rings (SSSR count). The lowest BCUT2D eigenvalue weighted by atomic mass is 9.97. The molecule has 0 bridgehead atoms. The number of hydrogen-bond donors (Lipinski definition) is 2. The number of amides is 2. The van der Waals surface area contributed by atoms with Gasteiger partial charge in [-0.1, -0.05) is 28.1 Å². The Labute approximate surface area is 169 Å². The molecule has 0 unspecified atom stereocenters. The number of H-pyrrole nitrogens is 1. The molecule has 8 heteroatoms. The lowest BCUT2D eigenvalue weighted by Gasteiger charge is -2.44. The van der Waals surface area contributed by atoms with Crippen LogP contribution in [0.1, 0.15) is 33.8 Å². The standard InChI is InChI=1S/C20H17BrN4O3/c21-12-5-6-16-13(11-12)18(26)24-20(28-16)7-9-25(10-8-20)19(27)17-22-14-3-1-2-4-15(14)23-17/h1-6,11H,7-10H2,(H,22,23)(H,24,26). The first-order valence-electron chi connectivity index (χ1n) is 9.08. The number of nitrogens with one attached hydrogen (secondary N) is 2. The number of piperidine rings is 1. The molecule has 1 saturated heterocycles. The van der Waals surface area contributed by atoms with E-state index in [1.54, 1.807) is 17.0 Å². The van der Waals surface area contributed by atoms with Gasteiger partial charge in [0.25, 0.3) is 11.8 Å². The highest BCUT2D eigenvalue weighted by atomic mass is 79.9. The summed E-state index contributed by atoms with van der Waals surface area (Å²) < 4.78 is 6.98. The predicted molar refractivity (Wildman–Crippen MR) is 106 cm³/mol. The van der Waals surface area contributed by atoms with E-state index >= 15 is 0 Å². The summed E-state index contributed by atoms with van der Waals surface area (Å²) in [6, 6.07) is 13.0. The molecule has 1 spiro atoms. The summed E-state index contributed by atoms with van der Waals surface area (Å²) in [7, 11) is 0. The number of imidazole rings is 1. The van der Waals surface area contributed by atoms with Gasteiger partial charge in [0.15, 0.2) is 11.5 Å². The number of aromatic nitrogens is 2. The third-order valence-electron chi connectivity index (χ3n) is 5.28. The maximum atomic E-state index is 12.8. The van der Waals surface area contributed by atoms with Crippen molar-refractivity contribution in [3.8, 4) is 5.75 Å². The number of ether oxygens (including phenoxy) is 1. The van der Waals surface area contributed by atoms with Crippen LogP contribution in [0.25, 0.3) is 11.0 Å². The molecule has 2 aromatic carbocycles. The van der Waals surface area contributed by atoms with Gasteiger partial charge in [-0.3, -0.25) is 9.59 Å². The van der Waals surface area contributed by atoms with Crippen molar-refractivity contribution in [1.82, 2.24) is 20.2 Å². The first kappa shape index (κ1) is 17.2. The number of nitrogens with zero attached hydrogens (tertiary/aromatic N) is 2. The summed E-state index contributed by atoms with van der Waals surface area (Å²) >= 11 is 3.38. The van der Waals surface area contributed by atoms with E-state index in [1.807, 2.05) is 30.3 Å². The molecule has 142 valence electrons. The molecule has 1 fully saturated rings. The van der Waals surface area contributed by atoms with Gasteiger partial charge in [0.05, 0.1) is 16.6 Å². The molecule has 2 amide bonds. The van der Waals surface area contributed by atoms with Crippen molar-refractivity contribution in [2.45, 2.75) is 18.6 Å². The largest absolute Gasteiger partial charge is 0.467 e. The molecule has 0 atom stereocenters. The predicted octanol–water partition coefficient (Wildman–Crippen LogP) is 3.08. The SMILES string of the molecule is O=C1NC2(CCN(C(=O)c3nc4ccccc4[nH]3)CC2)Oc2ccc(Br)cc21. The van der Waals surface area contributed by atoms with E-state index in [1.165, 1.54) is 0 Å². The van der Waals surface area contributed by atoms with Gasteiger partial charge in [0.1, 0.15) is 5.75 Å². The van der Waals surface area contributed by atoms with Crippen LogP contribution in [0.4, 0.5) is 0 Å². The maximum Gasteiger partial charge on any atom is 0.289 e. The van der Waals surface area contributed by atoms with E-state index in [2.05, 4.69) is 31.2 Å². The van der Waals surface area contributed by atoms with Gasteiger partial charge in [0.2, 0.25) is 0 Å². The molecular weight excluding hydrogens is 424 g/mol. The Balaban J connectivity index is 1.33. The van der Waals surface area contributed by atoms with Crippen LogP contribution in [0.5, 0.6) is 5.75 Å². The van der Waals surface area contributed by atoms with E-state index in [9.17, 15) is 9.59 Å². The van der Waals surface area contributed by atoms with Crippen LogP contribution in [0.2, 0.25) is 0 Å². The fourth-order valence-corrected chi connectivity index (χ4v) is 4.14. The van der Waals surface area contributed by atoms with Crippen molar-refractivity contribution in [1.29, 1.82) is 0 Å². The summed E-state index contributed by atoms with van der Waals surface area (Å²) in [6.07, 6.45) is 1.03. The van der Waals surface area contributed by atoms with Crippen molar-refractivity contribution in [3.63, 3.8) is 0 Å². The van der Waals surface area contributed by atoms with E-state index in [0.29, 0.717) is 43.1 Å². The average molecular weight is 441 g/mol. The number of hydrogen-bond acceptors (Lipinski definition) is 4. The van der Waals surface area contributed by atoms with Crippen LogP contribution in [-0.2, 0) is 0 Å². The Hall–Kier alpha value is -2.87. The van der Waals surface area contributed by atoms with Gasteiger partial charge in [-0.15, -0.1) is 0 Å². The Morgan fingerprint density at radius 3 is 2.75 bits per heavy atom. The molecule has 2 aliphatic heterocycles. The van der Waals surface area contributed by atoms with Gasteiger partial charge in [-0.25, -0.2) is 4.98 Å². The number of para-hydroxylation sites is 2. The topological polar surface area (TPSA) is 87.3 Å². The molecule has 7 nitrogen and oxygen atoms in total. The number of carbonyl (C=O) groups is 2. The number of likely N-dealkylation sites (tertiary alicyclic amines) is 1. The lowest BCUT2D eigenvalue weighted by Crippen LogP contribution is -2.61. The number of carbonyl (C=O) groups excluding carboxylic acids is 2. The van der Waals surface area contributed by atoms with Gasteiger partial charge in [-0.05, 0) is 30.3 Å². The number of aromatic amines is 1. The molecule has 3 aromatic rings. The van der Waals surface area contributed by atoms with Crippen molar-refractivity contribution >= 4 is 38.8 Å². The zero-order chi connectivity index (χ0) is 19.3. The first-order valence-corrected chi connectivity index (χ1v) is 9.87. The fourth-order valence-electron chi connectivity index (χ4n) is 3.78. The molecular formula is C20H17BrN4O3. The van der Waals surface area contributed by atoms with Crippen LogP contribution >= 0.6 is 15.9 Å². The summed E-state index contributed by atoms with van der Waals surface area (Å²) in [4.78, 5) is 34.6. The second kappa shape index (κ2) is 6.34. The van der Waals surface area contributed by atoms with Crippen LogP contribution in [0.15, 0.2) is 46.9 Å². The highest BCUT2D eigenvalue weighted by Gasteiger charge is 2.43. The molecule has 0 saturated carbocycles. The molecule has 0 radical (unpaired) electrons. The molecule has 0 aliphatic carbocycles. The van der Waals surface area contributed by atoms with Crippen molar-refractivity contribution in [2.24, 2.45) is 0 Å². The minimum Gasteiger partial charge on any atom is -0.467 e. The molecule has 2 N–H and O–H groups in total. The lowest BCUT2D eigenvalue weighted by molar-refractivity contribution is -0.0247.